The number of nitrogens with two attached hydrogens (primary N) is 1. The van der Waals surface area contributed by atoms with Gasteiger partial charge >= 0.3 is 6.03 Å². The van der Waals surface area contributed by atoms with Crippen molar-refractivity contribution in [3.8, 4) is 0 Å². The third kappa shape index (κ3) is 11.5. The summed E-state index contributed by atoms with van der Waals surface area (Å²) in [5.41, 5.74) is 4.18. The number of nitrogens with zero attached hydrogens (tertiary/aromatic N) is 2. The fourth-order valence-corrected chi connectivity index (χ4v) is 7.57. The SMILES string of the molecule is CCCC(NC(=O)[C@@H]1[C@@H](C(C)C)CCN1C(=O)[C@@H](NC(=O)N[C@H](CN(C)S(=O)(=O)c1ccccc1)CC(C)(C)C)C(C)(C)C)C(=O)C(N)=O. The number of Topliss-reactive ketones (excluding diaryl/α,β-unsaturated/α-hetero) is 1. The van der Waals surface area contributed by atoms with Crippen LogP contribution in [0.4, 0.5) is 4.79 Å². The highest BCUT2D eigenvalue weighted by atomic mass is 32.2. The Morgan fingerprint density at radius 1 is 0.980 bits per heavy atom. The van der Waals surface area contributed by atoms with Crippen molar-refractivity contribution in [3.63, 3.8) is 0 Å². The van der Waals surface area contributed by atoms with Crippen LogP contribution in [0.1, 0.15) is 88.0 Å². The number of likely N-dealkylation sites (tertiary alicyclic amines) is 1. The average molecular weight is 707 g/mol. The lowest BCUT2D eigenvalue weighted by Crippen LogP contribution is -2.61. The predicted molar refractivity (Wildman–Crippen MR) is 189 cm³/mol. The Morgan fingerprint density at radius 3 is 2.06 bits per heavy atom. The van der Waals surface area contributed by atoms with Crippen LogP contribution < -0.4 is 21.7 Å². The molecule has 1 fully saturated rings. The van der Waals surface area contributed by atoms with Gasteiger partial charge in [-0.2, -0.15) is 4.31 Å². The van der Waals surface area contributed by atoms with Crippen LogP contribution in [-0.4, -0.2) is 91.5 Å². The van der Waals surface area contributed by atoms with E-state index in [2.05, 4.69) is 16.0 Å². The van der Waals surface area contributed by atoms with Crippen LogP contribution in [0.15, 0.2) is 35.2 Å². The quantitative estimate of drug-likeness (QED) is 0.202. The van der Waals surface area contributed by atoms with Crippen molar-refractivity contribution in [3.05, 3.63) is 30.3 Å². The molecule has 2 rings (SSSR count). The molecule has 13 nitrogen and oxygen atoms in total. The fraction of sp³-hybridized carbons (Fsp3) is 0.686. The normalized spacial score (nSPS) is 18.9. The monoisotopic (exact) mass is 706 g/mol. The Labute approximate surface area is 292 Å². The number of hydrogen-bond acceptors (Lipinski definition) is 7. The summed E-state index contributed by atoms with van der Waals surface area (Å²) in [4.78, 5) is 67.5. The second-order valence-corrected chi connectivity index (χ2v) is 17.8. The molecule has 276 valence electrons. The molecule has 1 heterocycles. The fourth-order valence-electron chi connectivity index (χ4n) is 6.34. The van der Waals surface area contributed by atoms with E-state index in [0.717, 1.165) is 0 Å². The first-order valence-corrected chi connectivity index (χ1v) is 18.5. The molecular formula is C35H58N6O7S. The Morgan fingerprint density at radius 2 is 1.57 bits per heavy atom. The van der Waals surface area contributed by atoms with Gasteiger partial charge in [-0.15, -0.1) is 0 Å². The van der Waals surface area contributed by atoms with Gasteiger partial charge in [0.1, 0.15) is 12.1 Å². The van der Waals surface area contributed by atoms with Crippen LogP contribution in [0.2, 0.25) is 0 Å². The molecule has 0 saturated carbocycles. The van der Waals surface area contributed by atoms with Gasteiger partial charge in [-0.3, -0.25) is 19.2 Å². The minimum absolute atomic E-state index is 0.0105. The number of primary amides is 1. The first-order chi connectivity index (χ1) is 22.5. The summed E-state index contributed by atoms with van der Waals surface area (Å²) in [5, 5.41) is 8.43. The molecule has 0 aliphatic carbocycles. The number of benzene rings is 1. The van der Waals surface area contributed by atoms with Gasteiger partial charge in [-0.25, -0.2) is 13.2 Å². The Balaban J connectivity index is 2.35. The minimum Gasteiger partial charge on any atom is -0.363 e. The van der Waals surface area contributed by atoms with E-state index < -0.39 is 69.1 Å². The highest BCUT2D eigenvalue weighted by Gasteiger charge is 2.47. The van der Waals surface area contributed by atoms with Crippen molar-refractivity contribution in [2.75, 3.05) is 20.1 Å². The van der Waals surface area contributed by atoms with E-state index in [-0.39, 0.29) is 41.7 Å². The van der Waals surface area contributed by atoms with E-state index in [1.165, 1.54) is 28.4 Å². The molecule has 5 N–H and O–H groups in total. The molecule has 1 aliphatic heterocycles. The number of amides is 5. The highest BCUT2D eigenvalue weighted by molar-refractivity contribution is 7.89. The van der Waals surface area contributed by atoms with Crippen LogP contribution in [0.25, 0.3) is 0 Å². The smallest absolute Gasteiger partial charge is 0.315 e. The van der Waals surface area contributed by atoms with E-state index in [9.17, 15) is 32.4 Å². The lowest BCUT2D eigenvalue weighted by atomic mass is 9.84. The van der Waals surface area contributed by atoms with Crippen LogP contribution in [-0.2, 0) is 29.2 Å². The third-order valence-corrected chi connectivity index (χ3v) is 10.7. The number of rotatable bonds is 15. The molecule has 0 radical (unpaired) electrons. The molecule has 49 heavy (non-hydrogen) atoms. The lowest BCUT2D eigenvalue weighted by Gasteiger charge is -2.37. The van der Waals surface area contributed by atoms with E-state index in [0.29, 0.717) is 19.3 Å². The van der Waals surface area contributed by atoms with E-state index >= 15 is 0 Å². The summed E-state index contributed by atoms with van der Waals surface area (Å²) in [5.74, 6) is -3.28. The highest BCUT2D eigenvalue weighted by Crippen LogP contribution is 2.33. The van der Waals surface area contributed by atoms with Crippen molar-refractivity contribution in [2.24, 2.45) is 28.4 Å². The number of carbonyl (C=O) groups is 5. The molecule has 1 saturated heterocycles. The zero-order valence-corrected chi connectivity index (χ0v) is 31.6. The van der Waals surface area contributed by atoms with E-state index in [1.54, 1.807) is 39.0 Å². The van der Waals surface area contributed by atoms with Crippen LogP contribution in [0.3, 0.4) is 0 Å². The summed E-state index contributed by atoms with van der Waals surface area (Å²) in [7, 11) is -2.37. The first kappa shape index (κ1) is 41.7. The largest absolute Gasteiger partial charge is 0.363 e. The number of likely N-dealkylation sites (N-methyl/N-ethyl adjacent to an activating group) is 1. The van der Waals surface area contributed by atoms with Crippen LogP contribution >= 0.6 is 0 Å². The Bertz CT molecular complexity index is 1440. The molecule has 1 unspecified atom stereocenters. The molecule has 0 bridgehead atoms. The topological polar surface area (TPSA) is 188 Å². The molecular weight excluding hydrogens is 648 g/mol. The van der Waals surface area contributed by atoms with Crippen molar-refractivity contribution in [1.29, 1.82) is 0 Å². The van der Waals surface area contributed by atoms with Crippen molar-refractivity contribution < 1.29 is 32.4 Å². The van der Waals surface area contributed by atoms with Crippen molar-refractivity contribution >= 4 is 39.6 Å². The number of carbonyl (C=O) groups excluding carboxylic acids is 5. The number of sulfonamides is 1. The van der Waals surface area contributed by atoms with Gasteiger partial charge in [0, 0.05) is 26.2 Å². The molecule has 0 aromatic heterocycles. The molecule has 1 aliphatic rings. The summed E-state index contributed by atoms with van der Waals surface area (Å²) < 4.78 is 27.8. The van der Waals surface area contributed by atoms with Gasteiger partial charge in [0.05, 0.1) is 10.9 Å². The summed E-state index contributed by atoms with van der Waals surface area (Å²) >= 11 is 0. The maximum absolute atomic E-state index is 14.3. The van der Waals surface area contributed by atoms with Gasteiger partial charge in [-0.1, -0.05) is 86.9 Å². The third-order valence-electron chi connectivity index (χ3n) is 8.82. The summed E-state index contributed by atoms with van der Waals surface area (Å²) in [6, 6.07) is 3.69. The van der Waals surface area contributed by atoms with Crippen molar-refractivity contribution in [1.82, 2.24) is 25.2 Å². The zero-order chi connectivity index (χ0) is 37.5. The first-order valence-electron chi connectivity index (χ1n) is 17.0. The van der Waals surface area contributed by atoms with Gasteiger partial charge in [0.25, 0.3) is 5.91 Å². The summed E-state index contributed by atoms with van der Waals surface area (Å²) in [6.07, 6.45) is 1.70. The van der Waals surface area contributed by atoms with Crippen molar-refractivity contribution in [2.45, 2.75) is 117 Å². The number of urea groups is 1. The van der Waals surface area contributed by atoms with E-state index in [4.69, 9.17) is 5.73 Å². The van der Waals surface area contributed by atoms with Crippen LogP contribution in [0.5, 0.6) is 0 Å². The average Bonchev–Trinajstić information content (AvgIpc) is 3.44. The molecule has 5 amide bonds. The molecule has 0 spiro atoms. The second kappa shape index (κ2) is 16.9. The maximum atomic E-state index is 14.3. The number of nitrogens with one attached hydrogen (secondary N) is 3. The van der Waals surface area contributed by atoms with Gasteiger partial charge < -0.3 is 26.6 Å². The van der Waals surface area contributed by atoms with Gasteiger partial charge in [0.15, 0.2) is 0 Å². The minimum atomic E-state index is -3.83. The Kier molecular flexibility index (Phi) is 14.4. The number of ketones is 1. The van der Waals surface area contributed by atoms with Crippen LogP contribution in [0, 0.1) is 22.7 Å². The summed E-state index contributed by atoms with van der Waals surface area (Å²) in [6.45, 7) is 17.3. The maximum Gasteiger partial charge on any atom is 0.315 e. The van der Waals surface area contributed by atoms with Gasteiger partial charge in [0.2, 0.25) is 27.6 Å². The van der Waals surface area contributed by atoms with E-state index in [1.807, 2.05) is 41.5 Å². The molecule has 1 aromatic rings. The standard InChI is InChI=1S/C35H58N6O7S/c1-11-15-26(28(42)30(36)43)38-31(44)27-25(22(2)3)18-19-41(27)32(45)29(35(7,8)9)39-33(46)37-23(20-34(4,5)6)21-40(10)49(47,48)24-16-13-12-14-17-24/h12-14,16-17,22-23,25-27,29H,11,15,18-21H2,1-10H3,(H2,36,43)(H,38,44)(H2,37,39,46)/t23-,25+,26?,27-,29+/m0/s1. The molecule has 5 atom stereocenters. The Hall–Kier alpha value is -3.52. The van der Waals surface area contributed by atoms with Gasteiger partial charge in [-0.05, 0) is 54.1 Å². The predicted octanol–water partition coefficient (Wildman–Crippen LogP) is 3.04. The second-order valence-electron chi connectivity index (χ2n) is 15.7. The zero-order valence-electron chi connectivity index (χ0n) is 30.8. The lowest BCUT2D eigenvalue weighted by molar-refractivity contribution is -0.144. The molecule has 1 aromatic carbocycles. The molecule has 14 heteroatoms. The number of hydrogen-bond donors (Lipinski definition) is 4.